The van der Waals surface area contributed by atoms with E-state index in [4.69, 9.17) is 0 Å². The van der Waals surface area contributed by atoms with Crippen LogP contribution in [0.5, 0.6) is 0 Å². The monoisotopic (exact) mass is 301 g/mol. The molecule has 1 N–H and O–H groups in total. The molecule has 2 unspecified atom stereocenters. The smallest absolute Gasteiger partial charge is 0.148 e. The number of fused-ring (bicyclic) bond motifs is 1. The summed E-state index contributed by atoms with van der Waals surface area (Å²) in [7, 11) is -2.91. The lowest BCUT2D eigenvalue weighted by Gasteiger charge is -2.18. The lowest BCUT2D eigenvalue weighted by Crippen LogP contribution is -2.34. The molecule has 2 rings (SSSR count). The van der Waals surface area contributed by atoms with Crippen molar-refractivity contribution in [2.45, 2.75) is 51.6 Å². The number of rotatable bonds is 5. The summed E-state index contributed by atoms with van der Waals surface area (Å²) in [6, 6.07) is 2.53. The second kappa shape index (κ2) is 5.94. The molecular formula is C14H23NO2S2. The Morgan fingerprint density at radius 3 is 2.63 bits per heavy atom. The highest BCUT2D eigenvalue weighted by molar-refractivity contribution is 7.90. The van der Waals surface area contributed by atoms with Gasteiger partial charge >= 0.3 is 0 Å². The molecule has 108 valence electrons. The standard InChI is InChI=1S/C14H23NO2S2/c1-10(9-19(3,16)17)15-11(2)14-8-12-6-4-5-7-13(12)18-14/h8,10-11,15H,4-7,9H2,1-3H3. The minimum atomic E-state index is -2.91. The van der Waals surface area contributed by atoms with Crippen LogP contribution in [0.15, 0.2) is 6.07 Å². The van der Waals surface area contributed by atoms with E-state index in [0.717, 1.165) is 0 Å². The van der Waals surface area contributed by atoms with Crippen molar-refractivity contribution in [2.24, 2.45) is 0 Å². The Hall–Kier alpha value is -0.390. The molecule has 3 nitrogen and oxygen atoms in total. The summed E-state index contributed by atoms with van der Waals surface area (Å²) in [6.45, 7) is 4.06. The van der Waals surface area contributed by atoms with Gasteiger partial charge < -0.3 is 5.32 Å². The quantitative estimate of drug-likeness (QED) is 0.909. The molecule has 0 radical (unpaired) electrons. The number of hydrogen-bond donors (Lipinski definition) is 1. The minimum absolute atomic E-state index is 0.0101. The fourth-order valence-corrected chi connectivity index (χ4v) is 5.01. The van der Waals surface area contributed by atoms with Crippen LogP contribution >= 0.6 is 11.3 Å². The molecule has 0 spiro atoms. The van der Waals surface area contributed by atoms with Crippen LogP contribution in [-0.4, -0.2) is 26.5 Å². The van der Waals surface area contributed by atoms with Crippen LogP contribution in [0.4, 0.5) is 0 Å². The second-order valence-electron chi connectivity index (χ2n) is 5.69. The summed E-state index contributed by atoms with van der Waals surface area (Å²) >= 11 is 1.89. The lowest BCUT2D eigenvalue weighted by molar-refractivity contribution is 0.505. The number of sulfone groups is 1. The molecule has 0 saturated carbocycles. The van der Waals surface area contributed by atoms with Crippen molar-refractivity contribution < 1.29 is 8.42 Å². The zero-order chi connectivity index (χ0) is 14.0. The molecule has 0 aliphatic heterocycles. The maximum atomic E-state index is 11.3. The van der Waals surface area contributed by atoms with Gasteiger partial charge in [0, 0.05) is 28.1 Å². The molecule has 0 bridgehead atoms. The van der Waals surface area contributed by atoms with E-state index in [1.807, 2.05) is 18.3 Å². The van der Waals surface area contributed by atoms with Gasteiger partial charge in [0.05, 0.1) is 5.75 Å². The van der Waals surface area contributed by atoms with Crippen LogP contribution in [0, 0.1) is 0 Å². The van der Waals surface area contributed by atoms with Crippen molar-refractivity contribution in [3.05, 3.63) is 21.4 Å². The summed E-state index contributed by atoms with van der Waals surface area (Å²) in [5.41, 5.74) is 1.51. The summed E-state index contributed by atoms with van der Waals surface area (Å²) in [5, 5.41) is 3.39. The normalized spacial score (nSPS) is 18.9. The molecule has 1 aromatic heterocycles. The van der Waals surface area contributed by atoms with Gasteiger partial charge in [-0.3, -0.25) is 0 Å². The Bertz CT molecular complexity index is 510. The van der Waals surface area contributed by atoms with E-state index >= 15 is 0 Å². The summed E-state index contributed by atoms with van der Waals surface area (Å²) in [4.78, 5) is 2.87. The molecule has 1 aliphatic rings. The Balaban J connectivity index is 1.99. The molecule has 5 heteroatoms. The maximum absolute atomic E-state index is 11.3. The van der Waals surface area contributed by atoms with Crippen molar-refractivity contribution in [3.8, 4) is 0 Å². The molecule has 1 aliphatic carbocycles. The van der Waals surface area contributed by atoms with Gasteiger partial charge in [-0.25, -0.2) is 8.42 Å². The first-order valence-electron chi connectivity index (χ1n) is 6.90. The summed E-state index contributed by atoms with van der Waals surface area (Å²) < 4.78 is 22.6. The minimum Gasteiger partial charge on any atom is -0.306 e. The first-order valence-corrected chi connectivity index (χ1v) is 9.78. The van der Waals surface area contributed by atoms with E-state index in [1.165, 1.54) is 47.3 Å². The maximum Gasteiger partial charge on any atom is 0.148 e. The van der Waals surface area contributed by atoms with Crippen LogP contribution in [0.3, 0.4) is 0 Å². The second-order valence-corrected chi connectivity index (χ2v) is 9.04. The van der Waals surface area contributed by atoms with Gasteiger partial charge in [-0.2, -0.15) is 0 Å². The van der Waals surface area contributed by atoms with Gasteiger partial charge in [-0.15, -0.1) is 11.3 Å². The van der Waals surface area contributed by atoms with Crippen molar-refractivity contribution in [2.75, 3.05) is 12.0 Å². The zero-order valence-corrected chi connectivity index (χ0v) is 13.5. The highest BCUT2D eigenvalue weighted by Gasteiger charge is 2.19. The molecule has 1 aromatic rings. The fraction of sp³-hybridized carbons (Fsp3) is 0.714. The third-order valence-electron chi connectivity index (χ3n) is 3.53. The van der Waals surface area contributed by atoms with Crippen LogP contribution < -0.4 is 5.32 Å². The first kappa shape index (κ1) is 15.0. The lowest BCUT2D eigenvalue weighted by atomic mass is 9.99. The van der Waals surface area contributed by atoms with Crippen LogP contribution in [0.1, 0.15) is 48.0 Å². The van der Waals surface area contributed by atoms with Gasteiger partial charge in [0.1, 0.15) is 9.84 Å². The number of nitrogens with one attached hydrogen (secondary N) is 1. The van der Waals surface area contributed by atoms with Crippen molar-refractivity contribution >= 4 is 21.2 Å². The largest absolute Gasteiger partial charge is 0.306 e. The van der Waals surface area contributed by atoms with Crippen molar-refractivity contribution in [3.63, 3.8) is 0 Å². The summed E-state index contributed by atoms with van der Waals surface area (Å²) in [6.07, 6.45) is 6.32. The molecule has 19 heavy (non-hydrogen) atoms. The molecular weight excluding hydrogens is 278 g/mol. The third kappa shape index (κ3) is 4.29. The molecule has 1 heterocycles. The number of aryl methyl sites for hydroxylation is 2. The Morgan fingerprint density at radius 2 is 2.00 bits per heavy atom. The van der Waals surface area contributed by atoms with Crippen LogP contribution in [0.2, 0.25) is 0 Å². The van der Waals surface area contributed by atoms with Gasteiger partial charge in [-0.05, 0) is 51.2 Å². The molecule has 0 aromatic carbocycles. The molecule has 0 amide bonds. The SMILES string of the molecule is CC(CS(C)(=O)=O)NC(C)c1cc2c(s1)CCCC2. The molecule has 0 fully saturated rings. The van der Waals surface area contributed by atoms with E-state index in [1.54, 1.807) is 0 Å². The Morgan fingerprint density at radius 1 is 1.32 bits per heavy atom. The van der Waals surface area contributed by atoms with E-state index < -0.39 is 9.84 Å². The predicted molar refractivity (Wildman–Crippen MR) is 81.7 cm³/mol. The number of thiophene rings is 1. The fourth-order valence-electron chi connectivity index (χ4n) is 2.74. The molecule has 0 saturated heterocycles. The third-order valence-corrected chi connectivity index (χ3v) is 6.06. The predicted octanol–water partition coefficient (Wildman–Crippen LogP) is 2.71. The molecule has 2 atom stereocenters. The first-order chi connectivity index (χ1) is 8.85. The van der Waals surface area contributed by atoms with Gasteiger partial charge in [0.2, 0.25) is 0 Å². The van der Waals surface area contributed by atoms with E-state index in [0.29, 0.717) is 0 Å². The summed E-state index contributed by atoms with van der Waals surface area (Å²) in [5.74, 6) is 0.197. The zero-order valence-electron chi connectivity index (χ0n) is 11.9. The topological polar surface area (TPSA) is 46.2 Å². The highest BCUT2D eigenvalue weighted by Crippen LogP contribution is 2.32. The van der Waals surface area contributed by atoms with Gasteiger partial charge in [0.15, 0.2) is 0 Å². The van der Waals surface area contributed by atoms with Crippen molar-refractivity contribution in [1.29, 1.82) is 0 Å². The van der Waals surface area contributed by atoms with Crippen LogP contribution in [0.25, 0.3) is 0 Å². The number of hydrogen-bond acceptors (Lipinski definition) is 4. The Labute approximate surface area is 120 Å². The average molecular weight is 301 g/mol. The average Bonchev–Trinajstić information content (AvgIpc) is 2.69. The van der Waals surface area contributed by atoms with Gasteiger partial charge in [0.25, 0.3) is 0 Å². The van der Waals surface area contributed by atoms with E-state index in [-0.39, 0.29) is 17.8 Å². The van der Waals surface area contributed by atoms with Crippen LogP contribution in [-0.2, 0) is 22.7 Å². The van der Waals surface area contributed by atoms with Gasteiger partial charge in [-0.1, -0.05) is 0 Å². The Kier molecular flexibility index (Phi) is 4.69. The van der Waals surface area contributed by atoms with E-state index in [9.17, 15) is 8.42 Å². The van der Waals surface area contributed by atoms with E-state index in [2.05, 4.69) is 18.3 Å². The highest BCUT2D eigenvalue weighted by atomic mass is 32.2. The van der Waals surface area contributed by atoms with Crippen molar-refractivity contribution in [1.82, 2.24) is 5.32 Å².